The summed E-state index contributed by atoms with van der Waals surface area (Å²) in [5.41, 5.74) is 3.49. The van der Waals surface area contributed by atoms with Crippen molar-refractivity contribution in [2.75, 3.05) is 20.8 Å². The van der Waals surface area contributed by atoms with Crippen LogP contribution >= 0.6 is 0 Å². The van der Waals surface area contributed by atoms with Crippen LogP contribution in [0.15, 0.2) is 42.5 Å². The SMILES string of the molecule is COc1ccc(CC(=O)N2CCc3ccc(OC)cc3C2C)cc1. The smallest absolute Gasteiger partial charge is 0.227 e. The second-order valence-electron chi connectivity index (χ2n) is 6.10. The number of methoxy groups -OCH3 is 2. The minimum absolute atomic E-state index is 0.0644. The van der Waals surface area contributed by atoms with Crippen LogP contribution < -0.4 is 9.47 Å². The molecular weight excluding hydrogens is 302 g/mol. The molecule has 0 bridgehead atoms. The molecule has 1 heterocycles. The predicted octanol–water partition coefficient (Wildman–Crippen LogP) is 3.39. The van der Waals surface area contributed by atoms with E-state index in [1.807, 2.05) is 41.3 Å². The summed E-state index contributed by atoms with van der Waals surface area (Å²) < 4.78 is 10.5. The minimum Gasteiger partial charge on any atom is -0.497 e. The topological polar surface area (TPSA) is 38.8 Å². The van der Waals surface area contributed by atoms with Crippen molar-refractivity contribution in [3.8, 4) is 11.5 Å². The second-order valence-corrected chi connectivity index (χ2v) is 6.10. The number of rotatable bonds is 4. The zero-order valence-corrected chi connectivity index (χ0v) is 14.4. The molecule has 0 radical (unpaired) electrons. The Morgan fingerprint density at radius 3 is 2.42 bits per heavy atom. The highest BCUT2D eigenvalue weighted by Crippen LogP contribution is 2.32. The number of hydrogen-bond acceptors (Lipinski definition) is 3. The molecule has 3 rings (SSSR count). The van der Waals surface area contributed by atoms with E-state index >= 15 is 0 Å². The van der Waals surface area contributed by atoms with Gasteiger partial charge in [0.15, 0.2) is 0 Å². The summed E-state index contributed by atoms with van der Waals surface area (Å²) in [5.74, 6) is 1.80. The molecule has 1 atom stereocenters. The average Bonchev–Trinajstić information content (AvgIpc) is 2.62. The lowest BCUT2D eigenvalue weighted by Gasteiger charge is -2.35. The molecule has 1 aliphatic rings. The molecule has 0 spiro atoms. The first-order chi connectivity index (χ1) is 11.6. The van der Waals surface area contributed by atoms with Gasteiger partial charge in [0.05, 0.1) is 26.7 Å². The molecule has 0 saturated heterocycles. The van der Waals surface area contributed by atoms with Crippen LogP contribution in [0, 0.1) is 0 Å². The fraction of sp³-hybridized carbons (Fsp3) is 0.350. The van der Waals surface area contributed by atoms with E-state index in [1.54, 1.807) is 14.2 Å². The van der Waals surface area contributed by atoms with E-state index < -0.39 is 0 Å². The van der Waals surface area contributed by atoms with E-state index in [0.717, 1.165) is 30.0 Å². The number of fused-ring (bicyclic) bond motifs is 1. The zero-order chi connectivity index (χ0) is 17.1. The minimum atomic E-state index is 0.0644. The summed E-state index contributed by atoms with van der Waals surface area (Å²) in [7, 11) is 3.31. The normalized spacial score (nSPS) is 16.5. The van der Waals surface area contributed by atoms with Gasteiger partial charge in [0.1, 0.15) is 11.5 Å². The van der Waals surface area contributed by atoms with E-state index in [-0.39, 0.29) is 11.9 Å². The molecule has 1 unspecified atom stereocenters. The predicted molar refractivity (Wildman–Crippen MR) is 93.5 cm³/mol. The zero-order valence-electron chi connectivity index (χ0n) is 14.4. The summed E-state index contributed by atoms with van der Waals surface area (Å²) in [4.78, 5) is 14.7. The van der Waals surface area contributed by atoms with Crippen LogP contribution in [0.4, 0.5) is 0 Å². The number of hydrogen-bond donors (Lipinski definition) is 0. The maximum absolute atomic E-state index is 12.8. The van der Waals surface area contributed by atoms with Crippen LogP contribution in [-0.2, 0) is 17.6 Å². The molecule has 4 heteroatoms. The van der Waals surface area contributed by atoms with Gasteiger partial charge < -0.3 is 14.4 Å². The van der Waals surface area contributed by atoms with Gasteiger partial charge >= 0.3 is 0 Å². The highest BCUT2D eigenvalue weighted by atomic mass is 16.5. The van der Waals surface area contributed by atoms with Gasteiger partial charge in [0, 0.05) is 6.54 Å². The molecule has 0 fully saturated rings. The first kappa shape index (κ1) is 16.4. The van der Waals surface area contributed by atoms with Gasteiger partial charge in [-0.05, 0) is 54.3 Å². The Balaban J connectivity index is 1.75. The van der Waals surface area contributed by atoms with Gasteiger partial charge in [0.2, 0.25) is 5.91 Å². The van der Waals surface area contributed by atoms with Crippen molar-refractivity contribution in [1.82, 2.24) is 4.90 Å². The highest BCUT2D eigenvalue weighted by molar-refractivity contribution is 5.79. The average molecular weight is 325 g/mol. The summed E-state index contributed by atoms with van der Waals surface area (Å²) in [6.07, 6.45) is 1.30. The number of carbonyl (C=O) groups excluding carboxylic acids is 1. The van der Waals surface area contributed by atoms with Crippen molar-refractivity contribution < 1.29 is 14.3 Å². The largest absolute Gasteiger partial charge is 0.497 e. The fourth-order valence-corrected chi connectivity index (χ4v) is 3.28. The van der Waals surface area contributed by atoms with E-state index in [1.165, 1.54) is 11.1 Å². The van der Waals surface area contributed by atoms with Crippen LogP contribution in [0.2, 0.25) is 0 Å². The maximum Gasteiger partial charge on any atom is 0.227 e. The summed E-state index contributed by atoms with van der Waals surface area (Å²) in [6, 6.07) is 13.9. The Bertz CT molecular complexity index is 724. The molecule has 126 valence electrons. The summed E-state index contributed by atoms with van der Waals surface area (Å²) in [5, 5.41) is 0. The number of carbonyl (C=O) groups is 1. The Morgan fingerprint density at radius 2 is 1.75 bits per heavy atom. The Kier molecular flexibility index (Phi) is 4.74. The van der Waals surface area contributed by atoms with Crippen molar-refractivity contribution in [3.63, 3.8) is 0 Å². The molecule has 0 aromatic heterocycles. The maximum atomic E-state index is 12.8. The van der Waals surface area contributed by atoms with Crippen LogP contribution in [0.3, 0.4) is 0 Å². The number of amides is 1. The van der Waals surface area contributed by atoms with Crippen molar-refractivity contribution in [3.05, 3.63) is 59.2 Å². The molecular formula is C20H23NO3. The highest BCUT2D eigenvalue weighted by Gasteiger charge is 2.27. The lowest BCUT2D eigenvalue weighted by molar-refractivity contribution is -0.133. The first-order valence-electron chi connectivity index (χ1n) is 8.21. The van der Waals surface area contributed by atoms with E-state index in [4.69, 9.17) is 9.47 Å². The van der Waals surface area contributed by atoms with Crippen LogP contribution in [-0.4, -0.2) is 31.6 Å². The van der Waals surface area contributed by atoms with E-state index in [2.05, 4.69) is 13.0 Å². The third-order valence-electron chi connectivity index (χ3n) is 4.73. The third-order valence-corrected chi connectivity index (χ3v) is 4.73. The molecule has 0 N–H and O–H groups in total. The Labute approximate surface area is 143 Å². The van der Waals surface area contributed by atoms with E-state index in [0.29, 0.717) is 6.42 Å². The van der Waals surface area contributed by atoms with Crippen molar-refractivity contribution in [2.24, 2.45) is 0 Å². The van der Waals surface area contributed by atoms with Gasteiger partial charge in [-0.2, -0.15) is 0 Å². The standard InChI is InChI=1S/C20H23NO3/c1-14-19-13-18(24-3)9-6-16(19)10-11-21(14)20(22)12-15-4-7-17(23-2)8-5-15/h4-9,13-14H,10-12H2,1-3H3. The summed E-state index contributed by atoms with van der Waals surface area (Å²) >= 11 is 0. The van der Waals surface area contributed by atoms with Gasteiger partial charge in [0.25, 0.3) is 0 Å². The number of nitrogens with zero attached hydrogens (tertiary/aromatic N) is 1. The molecule has 2 aromatic rings. The van der Waals surface area contributed by atoms with Crippen LogP contribution in [0.5, 0.6) is 11.5 Å². The quantitative estimate of drug-likeness (QED) is 0.865. The van der Waals surface area contributed by atoms with Crippen LogP contribution in [0.1, 0.15) is 29.7 Å². The molecule has 1 amide bonds. The molecule has 0 saturated carbocycles. The summed E-state index contributed by atoms with van der Waals surface area (Å²) in [6.45, 7) is 2.85. The van der Waals surface area contributed by atoms with Crippen molar-refractivity contribution >= 4 is 5.91 Å². The Morgan fingerprint density at radius 1 is 1.08 bits per heavy atom. The second kappa shape index (κ2) is 6.95. The van der Waals surface area contributed by atoms with Crippen molar-refractivity contribution in [2.45, 2.75) is 25.8 Å². The van der Waals surface area contributed by atoms with Crippen LogP contribution in [0.25, 0.3) is 0 Å². The molecule has 0 aliphatic carbocycles. The van der Waals surface area contributed by atoms with E-state index in [9.17, 15) is 4.79 Å². The lowest BCUT2D eigenvalue weighted by Crippen LogP contribution is -2.39. The first-order valence-corrected chi connectivity index (χ1v) is 8.21. The molecule has 2 aromatic carbocycles. The van der Waals surface area contributed by atoms with Gasteiger partial charge in [-0.1, -0.05) is 18.2 Å². The fourth-order valence-electron chi connectivity index (χ4n) is 3.28. The lowest BCUT2D eigenvalue weighted by atomic mass is 9.92. The van der Waals surface area contributed by atoms with Gasteiger partial charge in [-0.25, -0.2) is 0 Å². The molecule has 1 aliphatic heterocycles. The third kappa shape index (κ3) is 3.23. The van der Waals surface area contributed by atoms with Gasteiger partial charge in [-0.15, -0.1) is 0 Å². The number of benzene rings is 2. The van der Waals surface area contributed by atoms with Crippen molar-refractivity contribution in [1.29, 1.82) is 0 Å². The molecule has 4 nitrogen and oxygen atoms in total. The molecule has 24 heavy (non-hydrogen) atoms. The van der Waals surface area contributed by atoms with Gasteiger partial charge in [-0.3, -0.25) is 4.79 Å². The monoisotopic (exact) mass is 325 g/mol. The Hall–Kier alpha value is -2.49. The number of ether oxygens (including phenoxy) is 2.